The summed E-state index contributed by atoms with van der Waals surface area (Å²) in [5.41, 5.74) is -5.10. The zero-order chi connectivity index (χ0) is 11.0. The van der Waals surface area contributed by atoms with Gasteiger partial charge in [-0.15, -0.1) is 0 Å². The summed E-state index contributed by atoms with van der Waals surface area (Å²) in [5.74, 6) is 0. The quantitative estimate of drug-likeness (QED) is 0.808. The maximum absolute atomic E-state index is 12.2. The average Bonchev–Trinajstić information content (AvgIpc) is 2.02. The molecule has 0 aliphatic carbocycles. The lowest BCUT2D eigenvalue weighted by Crippen LogP contribution is -2.22. The third-order valence-electron chi connectivity index (χ3n) is 1.47. The summed E-state index contributed by atoms with van der Waals surface area (Å²) in [6.45, 7) is 0. The summed E-state index contributed by atoms with van der Waals surface area (Å²) in [7, 11) is -4.84. The number of alkyl halides is 3. The first kappa shape index (κ1) is 11.3. The molecule has 0 amide bonds. The maximum Gasteiger partial charge on any atom is 0.483 e. The highest BCUT2D eigenvalue weighted by molar-refractivity contribution is 7.93. The number of rotatable bonds is 1. The van der Waals surface area contributed by atoms with Gasteiger partial charge in [0.05, 0.1) is 9.92 Å². The van der Waals surface area contributed by atoms with Crippen LogP contribution in [0.3, 0.4) is 0 Å². The second kappa shape index (κ2) is 3.43. The molecule has 0 radical (unpaired) electrons. The van der Waals surface area contributed by atoms with E-state index in [9.17, 15) is 17.4 Å². The molecule has 1 aromatic carbocycles. The number of nitrogens with one attached hydrogen (secondary N) is 1. The lowest BCUT2D eigenvalue weighted by molar-refractivity contribution is -0.0406. The summed E-state index contributed by atoms with van der Waals surface area (Å²) in [6.07, 6.45) is 0. The average molecular weight is 244 g/mol. The first-order valence-electron chi connectivity index (χ1n) is 3.36. The van der Waals surface area contributed by atoms with Gasteiger partial charge in [-0.25, -0.2) is 8.99 Å². The Labute approximate surface area is 83.7 Å². The van der Waals surface area contributed by atoms with Gasteiger partial charge in [-0.1, -0.05) is 23.7 Å². The molecule has 0 aliphatic heterocycles. The highest BCUT2D eigenvalue weighted by Gasteiger charge is 2.43. The van der Waals surface area contributed by atoms with E-state index < -0.39 is 20.1 Å². The Hall–Kier alpha value is -0.750. The zero-order valence-electron chi connectivity index (χ0n) is 6.64. The van der Waals surface area contributed by atoms with Crippen LogP contribution in [0.1, 0.15) is 0 Å². The van der Waals surface area contributed by atoms with E-state index >= 15 is 0 Å². The lowest BCUT2D eigenvalue weighted by atomic mass is 10.4. The van der Waals surface area contributed by atoms with Crippen molar-refractivity contribution < 1.29 is 17.4 Å². The molecule has 0 aromatic heterocycles. The topological polar surface area (TPSA) is 40.9 Å². The van der Waals surface area contributed by atoms with E-state index in [1.165, 1.54) is 12.1 Å². The van der Waals surface area contributed by atoms with Crippen molar-refractivity contribution in [3.05, 3.63) is 29.3 Å². The van der Waals surface area contributed by atoms with Crippen molar-refractivity contribution >= 4 is 21.3 Å². The van der Waals surface area contributed by atoms with Crippen molar-refractivity contribution in [2.45, 2.75) is 10.4 Å². The van der Waals surface area contributed by atoms with Crippen LogP contribution >= 0.6 is 11.6 Å². The van der Waals surface area contributed by atoms with Gasteiger partial charge in [0.2, 0.25) is 0 Å². The molecular weight excluding hydrogens is 239 g/mol. The minimum atomic E-state index is -5.10. The van der Waals surface area contributed by atoms with Crippen LogP contribution in [-0.4, -0.2) is 9.72 Å². The largest absolute Gasteiger partial charge is 0.483 e. The fourth-order valence-electron chi connectivity index (χ4n) is 0.803. The van der Waals surface area contributed by atoms with Crippen LogP contribution in [0.2, 0.25) is 5.02 Å². The number of benzene rings is 1. The highest BCUT2D eigenvalue weighted by Crippen LogP contribution is 2.34. The third-order valence-corrected chi connectivity index (χ3v) is 3.54. The van der Waals surface area contributed by atoms with Gasteiger partial charge < -0.3 is 0 Å². The Balaban J connectivity index is 3.40. The molecule has 0 spiro atoms. The molecular formula is C7H5ClF3NOS. The Morgan fingerprint density at radius 1 is 1.29 bits per heavy atom. The van der Waals surface area contributed by atoms with Gasteiger partial charge in [-0.3, -0.25) is 0 Å². The monoisotopic (exact) mass is 243 g/mol. The van der Waals surface area contributed by atoms with E-state index in [-0.39, 0.29) is 5.02 Å². The van der Waals surface area contributed by atoms with Crippen molar-refractivity contribution in [1.29, 1.82) is 4.78 Å². The summed E-state index contributed by atoms with van der Waals surface area (Å²) in [4.78, 5) is -0.700. The van der Waals surface area contributed by atoms with Crippen LogP contribution in [0.4, 0.5) is 13.2 Å². The molecule has 0 aliphatic rings. The number of hydrogen-bond donors (Lipinski definition) is 1. The van der Waals surface area contributed by atoms with Gasteiger partial charge in [0, 0.05) is 0 Å². The van der Waals surface area contributed by atoms with Crippen LogP contribution in [-0.2, 0) is 9.73 Å². The second-order valence-electron chi connectivity index (χ2n) is 2.43. The summed E-state index contributed by atoms with van der Waals surface area (Å²) < 4.78 is 54.4. The van der Waals surface area contributed by atoms with Crippen molar-refractivity contribution in [3.8, 4) is 0 Å². The first-order chi connectivity index (χ1) is 6.27. The van der Waals surface area contributed by atoms with E-state index in [0.29, 0.717) is 0 Å². The molecule has 1 atom stereocenters. The Kier molecular flexibility index (Phi) is 2.78. The van der Waals surface area contributed by atoms with Crippen molar-refractivity contribution in [2.24, 2.45) is 0 Å². The number of halogens is 4. The van der Waals surface area contributed by atoms with E-state index in [4.69, 9.17) is 16.4 Å². The maximum atomic E-state index is 12.2. The predicted octanol–water partition coefficient (Wildman–Crippen LogP) is 3.27. The molecule has 1 rings (SSSR count). The molecule has 7 heteroatoms. The zero-order valence-corrected chi connectivity index (χ0v) is 8.21. The van der Waals surface area contributed by atoms with Gasteiger partial charge in [0.25, 0.3) is 0 Å². The van der Waals surface area contributed by atoms with E-state index in [1.54, 1.807) is 0 Å². The summed E-state index contributed by atoms with van der Waals surface area (Å²) >= 11 is 5.42. The highest BCUT2D eigenvalue weighted by atomic mass is 35.5. The summed E-state index contributed by atoms with van der Waals surface area (Å²) in [6, 6.07) is 4.75. The molecule has 0 saturated heterocycles. The fraction of sp³-hybridized carbons (Fsp3) is 0.143. The van der Waals surface area contributed by atoms with Crippen molar-refractivity contribution in [2.75, 3.05) is 0 Å². The van der Waals surface area contributed by atoms with E-state index in [1.807, 2.05) is 0 Å². The smallest absolute Gasteiger partial charge is 0.241 e. The van der Waals surface area contributed by atoms with E-state index in [0.717, 1.165) is 12.1 Å². The van der Waals surface area contributed by atoms with Gasteiger partial charge in [-0.05, 0) is 12.1 Å². The van der Waals surface area contributed by atoms with Crippen LogP contribution in [0.25, 0.3) is 0 Å². The molecule has 78 valence electrons. The molecule has 14 heavy (non-hydrogen) atoms. The van der Waals surface area contributed by atoms with Crippen molar-refractivity contribution in [3.63, 3.8) is 0 Å². The minimum absolute atomic E-state index is 0.315. The molecule has 2 nitrogen and oxygen atoms in total. The Morgan fingerprint density at radius 2 is 1.79 bits per heavy atom. The molecule has 1 aromatic rings. The van der Waals surface area contributed by atoms with Gasteiger partial charge >= 0.3 is 5.51 Å². The molecule has 0 fully saturated rings. The normalized spacial score (nSPS) is 16.3. The lowest BCUT2D eigenvalue weighted by Gasteiger charge is -2.11. The minimum Gasteiger partial charge on any atom is -0.241 e. The van der Waals surface area contributed by atoms with Gasteiger partial charge in [0.15, 0.2) is 9.73 Å². The third kappa shape index (κ3) is 1.85. The second-order valence-corrected chi connectivity index (χ2v) is 4.85. The van der Waals surface area contributed by atoms with Crippen LogP contribution in [0.5, 0.6) is 0 Å². The van der Waals surface area contributed by atoms with Gasteiger partial charge in [-0.2, -0.15) is 13.2 Å². The predicted molar refractivity (Wildman–Crippen MR) is 46.6 cm³/mol. The molecule has 1 unspecified atom stereocenters. The van der Waals surface area contributed by atoms with Crippen LogP contribution in [0.15, 0.2) is 29.2 Å². The Morgan fingerprint density at radius 3 is 2.21 bits per heavy atom. The van der Waals surface area contributed by atoms with Crippen LogP contribution < -0.4 is 0 Å². The first-order valence-corrected chi connectivity index (χ1v) is 5.30. The van der Waals surface area contributed by atoms with Crippen molar-refractivity contribution in [1.82, 2.24) is 0 Å². The fourth-order valence-corrected chi connectivity index (χ4v) is 2.13. The SMILES string of the molecule is N=S(=O)(c1ccccc1Cl)C(F)(F)F. The summed E-state index contributed by atoms with van der Waals surface area (Å²) in [5, 5.41) is -0.315. The van der Waals surface area contributed by atoms with Gasteiger partial charge in [0.1, 0.15) is 0 Å². The van der Waals surface area contributed by atoms with E-state index in [2.05, 4.69) is 0 Å². The molecule has 1 N–H and O–H groups in total. The number of hydrogen-bond acceptors (Lipinski definition) is 2. The molecule has 0 saturated carbocycles. The van der Waals surface area contributed by atoms with Crippen LogP contribution in [0, 0.1) is 4.78 Å². The standard InChI is InChI=1S/C7H5ClF3NOS/c8-5-3-1-2-4-6(5)14(12,13)7(9,10)11/h1-4,12H. The molecule has 0 bridgehead atoms. The Bertz CT molecular complexity index is 440. The molecule has 0 heterocycles.